The molecule has 0 amide bonds. The van der Waals surface area contributed by atoms with Gasteiger partial charge in [0.15, 0.2) is 18.7 Å². The van der Waals surface area contributed by atoms with E-state index in [4.69, 9.17) is 28.4 Å². The molecular formula is C57H96O15. The van der Waals surface area contributed by atoms with E-state index in [1.165, 1.54) is 83.5 Å². The average Bonchev–Trinajstić information content (AvgIpc) is 3.37. The van der Waals surface area contributed by atoms with Crippen LogP contribution in [0.2, 0.25) is 0 Å². The van der Waals surface area contributed by atoms with Crippen molar-refractivity contribution in [2.45, 2.75) is 248 Å². The zero-order chi connectivity index (χ0) is 52.4. The lowest BCUT2D eigenvalue weighted by molar-refractivity contribution is -0.332. The zero-order valence-electron chi connectivity index (χ0n) is 43.9. The predicted octanol–water partition coefficient (Wildman–Crippen LogP) is 8.60. The molecule has 2 saturated heterocycles. The van der Waals surface area contributed by atoms with Crippen LogP contribution in [0.4, 0.5) is 0 Å². The minimum absolute atomic E-state index is 0.108. The van der Waals surface area contributed by atoms with E-state index in [1.807, 2.05) is 6.08 Å². The monoisotopic (exact) mass is 1020 g/mol. The van der Waals surface area contributed by atoms with Crippen LogP contribution in [0.3, 0.4) is 0 Å². The molecule has 4 unspecified atom stereocenters. The second-order valence-electron chi connectivity index (χ2n) is 19.0. The Hall–Kier alpha value is -3.06. The Kier molecular flexibility index (Phi) is 39.0. The summed E-state index contributed by atoms with van der Waals surface area (Å²) >= 11 is 0. The molecule has 0 saturated carbocycles. The number of carbonyl (C=O) groups excluding carboxylic acids is 2. The van der Waals surface area contributed by atoms with Gasteiger partial charge < -0.3 is 64.2 Å². The molecule has 72 heavy (non-hydrogen) atoms. The molecule has 0 bridgehead atoms. The third kappa shape index (κ3) is 30.3. The molecular weight excluding hydrogens is 925 g/mol. The number of aliphatic hydroxyl groups is 7. The Morgan fingerprint density at radius 2 is 0.847 bits per heavy atom. The molecule has 414 valence electrons. The summed E-state index contributed by atoms with van der Waals surface area (Å²) in [5, 5.41) is 72.1. The summed E-state index contributed by atoms with van der Waals surface area (Å²) in [6, 6.07) is 0. The highest BCUT2D eigenvalue weighted by molar-refractivity contribution is 5.70. The molecule has 7 N–H and O–H groups in total. The molecule has 0 aromatic heterocycles. The van der Waals surface area contributed by atoms with E-state index in [1.54, 1.807) is 0 Å². The van der Waals surface area contributed by atoms with Crippen molar-refractivity contribution in [2.24, 2.45) is 0 Å². The minimum atomic E-state index is -1.78. The van der Waals surface area contributed by atoms with E-state index in [0.29, 0.717) is 19.3 Å². The van der Waals surface area contributed by atoms with Crippen LogP contribution in [0.5, 0.6) is 0 Å². The van der Waals surface area contributed by atoms with Gasteiger partial charge in [-0.15, -0.1) is 0 Å². The molecule has 15 heteroatoms. The standard InChI is InChI=1S/C57H96O15/c1-3-5-7-9-11-13-15-17-19-20-21-22-23-24-26-27-29-31-33-35-37-39-48(59)67-42-45(70-49(60)40-38-36-34-32-30-28-25-18-16-14-12-10-8-6-4-2)43-68-56-55(66)53(64)51(62)47(72-56)44-69-57-54(65)52(63)50(61)46(41-58)71-57/h18-20,22-23,25-27,30-33,45-47,50-58,61-66H,3-17,21,24,28-29,34-44H2,1-2H3/b20-19+,23-22+,25-18+,27-26+,32-30+,33-31+/t45-,46+,47+,50-,51-,52?,53?,54?,55?,56+,57+/m0/s1. The number of ether oxygens (including phenoxy) is 6. The van der Waals surface area contributed by atoms with E-state index in [9.17, 15) is 45.3 Å². The van der Waals surface area contributed by atoms with E-state index in [-0.39, 0.29) is 19.4 Å². The van der Waals surface area contributed by atoms with Crippen LogP contribution < -0.4 is 0 Å². The van der Waals surface area contributed by atoms with Crippen molar-refractivity contribution in [3.63, 3.8) is 0 Å². The fraction of sp³-hybridized carbons (Fsp3) is 0.754. The van der Waals surface area contributed by atoms with Gasteiger partial charge in [0.1, 0.15) is 55.4 Å². The number of esters is 2. The van der Waals surface area contributed by atoms with Gasteiger partial charge >= 0.3 is 11.9 Å². The Morgan fingerprint density at radius 1 is 0.444 bits per heavy atom. The highest BCUT2D eigenvalue weighted by Gasteiger charge is 2.47. The maximum atomic E-state index is 13.0. The summed E-state index contributed by atoms with van der Waals surface area (Å²) in [5.41, 5.74) is 0. The highest BCUT2D eigenvalue weighted by Crippen LogP contribution is 2.26. The van der Waals surface area contributed by atoms with Crippen molar-refractivity contribution in [2.75, 3.05) is 26.4 Å². The normalized spacial score (nSPS) is 25.6. The molecule has 0 aromatic carbocycles. The molecule has 2 fully saturated rings. The van der Waals surface area contributed by atoms with Gasteiger partial charge in [-0.25, -0.2) is 0 Å². The first kappa shape index (κ1) is 65.1. The number of carbonyl (C=O) groups is 2. The Balaban J connectivity index is 1.82. The van der Waals surface area contributed by atoms with Crippen molar-refractivity contribution in [3.05, 3.63) is 72.9 Å². The molecule has 0 radical (unpaired) electrons. The van der Waals surface area contributed by atoms with Crippen LogP contribution in [0.1, 0.15) is 181 Å². The van der Waals surface area contributed by atoms with Crippen LogP contribution in [0.15, 0.2) is 72.9 Å². The zero-order valence-corrected chi connectivity index (χ0v) is 43.9. The molecule has 2 rings (SSSR count). The van der Waals surface area contributed by atoms with Crippen molar-refractivity contribution in [1.82, 2.24) is 0 Å². The molecule has 2 aliphatic rings. The van der Waals surface area contributed by atoms with E-state index in [0.717, 1.165) is 51.4 Å². The van der Waals surface area contributed by atoms with Gasteiger partial charge in [-0.05, 0) is 83.5 Å². The molecule has 0 spiro atoms. The van der Waals surface area contributed by atoms with Crippen LogP contribution in [-0.2, 0) is 38.0 Å². The molecule has 0 aromatic rings. The summed E-state index contributed by atoms with van der Waals surface area (Å²) in [5.74, 6) is -1.03. The van der Waals surface area contributed by atoms with Gasteiger partial charge in [0.2, 0.25) is 0 Å². The van der Waals surface area contributed by atoms with Crippen molar-refractivity contribution in [3.8, 4) is 0 Å². The topological polar surface area (TPSA) is 231 Å². The Bertz CT molecular complexity index is 1530. The lowest BCUT2D eigenvalue weighted by Gasteiger charge is -2.42. The van der Waals surface area contributed by atoms with Crippen molar-refractivity contribution < 1.29 is 73.8 Å². The van der Waals surface area contributed by atoms with Crippen molar-refractivity contribution in [1.29, 1.82) is 0 Å². The summed E-state index contributed by atoms with van der Waals surface area (Å²) in [7, 11) is 0. The van der Waals surface area contributed by atoms with E-state index >= 15 is 0 Å². The van der Waals surface area contributed by atoms with Crippen molar-refractivity contribution >= 4 is 11.9 Å². The number of hydrogen-bond donors (Lipinski definition) is 7. The number of aliphatic hydroxyl groups excluding tert-OH is 7. The van der Waals surface area contributed by atoms with Gasteiger partial charge in [-0.3, -0.25) is 9.59 Å². The number of unbranched alkanes of at least 4 members (excludes halogenated alkanes) is 16. The molecule has 2 heterocycles. The lowest BCUT2D eigenvalue weighted by atomic mass is 9.98. The maximum absolute atomic E-state index is 13.0. The first-order chi connectivity index (χ1) is 35.0. The summed E-state index contributed by atoms with van der Waals surface area (Å²) < 4.78 is 33.5. The van der Waals surface area contributed by atoms with Crippen LogP contribution in [-0.4, -0.2) is 142 Å². The molecule has 2 aliphatic heterocycles. The van der Waals surface area contributed by atoms with E-state index < -0.39 is 99.3 Å². The second-order valence-corrected chi connectivity index (χ2v) is 19.0. The summed E-state index contributed by atoms with van der Waals surface area (Å²) in [6.07, 6.45) is 35.1. The molecule has 15 nitrogen and oxygen atoms in total. The SMILES string of the molecule is CCCCCCCC/C=C/C/C=C/CCCCC(=O)O[C@@H](COC(=O)CCC/C=C/C/C=C/C/C=C/C/C=C/CCCCCCCCC)CO[C@@H]1O[C@H](CO[C@@H]2O[C@H](CO)[C@H](O)C(O)C2O)[C@H](O)C(O)C1O. The first-order valence-electron chi connectivity index (χ1n) is 27.5. The predicted molar refractivity (Wildman–Crippen MR) is 279 cm³/mol. The quantitative estimate of drug-likeness (QED) is 0.0172. The first-order valence-corrected chi connectivity index (χ1v) is 27.5. The Morgan fingerprint density at radius 3 is 1.35 bits per heavy atom. The van der Waals surface area contributed by atoms with Gasteiger partial charge in [0.25, 0.3) is 0 Å². The third-order valence-electron chi connectivity index (χ3n) is 12.7. The number of rotatable bonds is 42. The fourth-order valence-corrected chi connectivity index (χ4v) is 8.12. The second kappa shape index (κ2) is 43.2. The number of allylic oxidation sites excluding steroid dienone is 12. The van der Waals surface area contributed by atoms with Crippen LogP contribution in [0, 0.1) is 0 Å². The smallest absolute Gasteiger partial charge is 0.306 e. The van der Waals surface area contributed by atoms with Gasteiger partial charge in [-0.1, -0.05) is 157 Å². The van der Waals surface area contributed by atoms with E-state index in [2.05, 4.69) is 80.7 Å². The fourth-order valence-electron chi connectivity index (χ4n) is 8.12. The van der Waals surface area contributed by atoms with Crippen LogP contribution in [0.25, 0.3) is 0 Å². The third-order valence-corrected chi connectivity index (χ3v) is 12.7. The lowest BCUT2D eigenvalue weighted by Crippen LogP contribution is -2.61. The van der Waals surface area contributed by atoms with Crippen LogP contribution >= 0.6 is 0 Å². The average molecular weight is 1020 g/mol. The van der Waals surface area contributed by atoms with Gasteiger partial charge in [-0.2, -0.15) is 0 Å². The molecule has 11 atom stereocenters. The maximum Gasteiger partial charge on any atom is 0.306 e. The number of hydrogen-bond acceptors (Lipinski definition) is 15. The summed E-state index contributed by atoms with van der Waals surface area (Å²) in [4.78, 5) is 25.8. The largest absolute Gasteiger partial charge is 0.462 e. The van der Waals surface area contributed by atoms with Gasteiger partial charge in [0, 0.05) is 12.8 Å². The van der Waals surface area contributed by atoms with Gasteiger partial charge in [0.05, 0.1) is 19.8 Å². The highest BCUT2D eigenvalue weighted by atomic mass is 16.7. The molecule has 0 aliphatic carbocycles. The Labute approximate surface area is 432 Å². The minimum Gasteiger partial charge on any atom is -0.462 e. The summed E-state index contributed by atoms with van der Waals surface area (Å²) in [6.45, 7) is 2.48.